The third-order valence-electron chi connectivity index (χ3n) is 9.54. The standard InChI is InChI=1S/C38H54N6O2/c1-37(2,3)43-21-10-22-44(38(4,5)6)26-24-42(28-30-14-16-34(46)36-32(30)12-8-18-40-36)20-9-19-41(23-25-43)27-29-13-15-33(45)35-31(29)11-7-17-39-35/h7-8,11-18,45-46H,9-10,19-28H2,1-6H3. The van der Waals surface area contributed by atoms with Crippen molar-refractivity contribution in [2.75, 3.05) is 52.4 Å². The summed E-state index contributed by atoms with van der Waals surface area (Å²) in [4.78, 5) is 19.4. The number of fused-ring (bicyclic) bond motifs is 2. The largest absolute Gasteiger partial charge is 0.506 e. The Hall–Kier alpha value is -3.30. The first-order valence-corrected chi connectivity index (χ1v) is 17.0. The molecule has 0 bridgehead atoms. The summed E-state index contributed by atoms with van der Waals surface area (Å²) in [6, 6.07) is 15.7. The highest BCUT2D eigenvalue weighted by atomic mass is 16.3. The molecule has 2 N–H and O–H groups in total. The second kappa shape index (κ2) is 14.6. The highest BCUT2D eigenvalue weighted by molar-refractivity contribution is 5.87. The molecule has 1 saturated heterocycles. The second-order valence-electron chi connectivity index (χ2n) is 14.9. The molecule has 5 rings (SSSR count). The van der Waals surface area contributed by atoms with Gasteiger partial charge in [-0.15, -0.1) is 0 Å². The Morgan fingerprint density at radius 3 is 1.37 bits per heavy atom. The maximum absolute atomic E-state index is 10.5. The maximum atomic E-state index is 10.5. The lowest BCUT2D eigenvalue weighted by Crippen LogP contribution is -2.49. The van der Waals surface area contributed by atoms with Gasteiger partial charge in [0.1, 0.15) is 22.5 Å². The summed E-state index contributed by atoms with van der Waals surface area (Å²) in [5, 5.41) is 23.0. The van der Waals surface area contributed by atoms with E-state index in [0.717, 1.165) is 89.1 Å². The minimum absolute atomic E-state index is 0.0863. The fraction of sp³-hybridized carbons (Fsp3) is 0.526. The van der Waals surface area contributed by atoms with Gasteiger partial charge in [0.25, 0.3) is 0 Å². The lowest BCUT2D eigenvalue weighted by molar-refractivity contribution is 0.0772. The van der Waals surface area contributed by atoms with Crippen LogP contribution in [0.3, 0.4) is 0 Å². The first-order valence-electron chi connectivity index (χ1n) is 17.0. The fourth-order valence-electron chi connectivity index (χ4n) is 6.79. The Kier molecular flexibility index (Phi) is 10.8. The van der Waals surface area contributed by atoms with E-state index in [2.05, 4.69) is 95.4 Å². The number of hydrogen-bond donors (Lipinski definition) is 2. The molecule has 46 heavy (non-hydrogen) atoms. The third-order valence-corrected chi connectivity index (χ3v) is 9.54. The summed E-state index contributed by atoms with van der Waals surface area (Å²) in [6.07, 6.45) is 5.65. The summed E-state index contributed by atoms with van der Waals surface area (Å²) in [6.45, 7) is 23.6. The summed E-state index contributed by atoms with van der Waals surface area (Å²) < 4.78 is 0. The number of aromatic nitrogens is 2. The lowest BCUT2D eigenvalue weighted by Gasteiger charge is -2.41. The number of aromatic hydroxyl groups is 2. The van der Waals surface area contributed by atoms with E-state index in [0.29, 0.717) is 11.0 Å². The summed E-state index contributed by atoms with van der Waals surface area (Å²) >= 11 is 0. The predicted molar refractivity (Wildman–Crippen MR) is 189 cm³/mol. The second-order valence-corrected chi connectivity index (χ2v) is 14.9. The number of phenols is 2. The van der Waals surface area contributed by atoms with E-state index < -0.39 is 0 Å². The molecule has 3 heterocycles. The van der Waals surface area contributed by atoms with Crippen molar-refractivity contribution in [2.45, 2.75) is 78.6 Å². The number of nitrogens with zero attached hydrogens (tertiary/aromatic N) is 6. The molecule has 0 amide bonds. The maximum Gasteiger partial charge on any atom is 0.141 e. The van der Waals surface area contributed by atoms with Gasteiger partial charge in [-0.3, -0.25) is 29.6 Å². The monoisotopic (exact) mass is 626 g/mol. The Bertz CT molecular complexity index is 1480. The van der Waals surface area contributed by atoms with Crippen molar-refractivity contribution in [3.05, 3.63) is 72.1 Å². The van der Waals surface area contributed by atoms with E-state index in [1.807, 2.05) is 12.1 Å². The van der Waals surface area contributed by atoms with Crippen molar-refractivity contribution in [3.8, 4) is 11.5 Å². The molecule has 1 aliphatic rings. The van der Waals surface area contributed by atoms with Gasteiger partial charge in [0.2, 0.25) is 0 Å². The highest BCUT2D eigenvalue weighted by Gasteiger charge is 2.26. The van der Waals surface area contributed by atoms with Crippen molar-refractivity contribution in [1.29, 1.82) is 0 Å². The average molecular weight is 627 g/mol. The van der Waals surface area contributed by atoms with Gasteiger partial charge in [-0.05, 0) is 116 Å². The molecule has 248 valence electrons. The predicted octanol–water partition coefficient (Wildman–Crippen LogP) is 6.49. The quantitative estimate of drug-likeness (QED) is 0.266. The van der Waals surface area contributed by atoms with Crippen molar-refractivity contribution in [3.63, 3.8) is 0 Å². The van der Waals surface area contributed by atoms with Gasteiger partial charge in [-0.2, -0.15) is 0 Å². The molecular formula is C38H54N6O2. The fourth-order valence-corrected chi connectivity index (χ4v) is 6.79. The van der Waals surface area contributed by atoms with Crippen molar-refractivity contribution in [1.82, 2.24) is 29.6 Å². The topological polar surface area (TPSA) is 79.2 Å². The number of pyridine rings is 2. The Morgan fingerprint density at radius 2 is 0.957 bits per heavy atom. The van der Waals surface area contributed by atoms with Crippen LogP contribution in [0.5, 0.6) is 11.5 Å². The van der Waals surface area contributed by atoms with Crippen LogP contribution in [-0.4, -0.2) is 103 Å². The third kappa shape index (κ3) is 8.53. The van der Waals surface area contributed by atoms with E-state index in [1.165, 1.54) is 11.1 Å². The highest BCUT2D eigenvalue weighted by Crippen LogP contribution is 2.28. The van der Waals surface area contributed by atoms with Crippen molar-refractivity contribution >= 4 is 21.8 Å². The lowest BCUT2D eigenvalue weighted by atomic mass is 10.0. The first-order chi connectivity index (χ1) is 21.9. The zero-order chi connectivity index (χ0) is 32.9. The zero-order valence-electron chi connectivity index (χ0n) is 28.8. The van der Waals surface area contributed by atoms with Gasteiger partial charge in [0, 0.05) is 73.5 Å². The van der Waals surface area contributed by atoms with Gasteiger partial charge in [-0.25, -0.2) is 0 Å². The molecule has 0 unspecified atom stereocenters. The van der Waals surface area contributed by atoms with E-state index in [9.17, 15) is 10.2 Å². The number of benzene rings is 2. The SMILES string of the molecule is CC(C)(C)N1CCCN(C(C)(C)C)CCN(Cc2ccc(O)c3ncccc23)CCCN(Cc2ccc(O)c3ncccc23)CC1. The van der Waals surface area contributed by atoms with Gasteiger partial charge in [0.05, 0.1) is 0 Å². The van der Waals surface area contributed by atoms with Crippen molar-refractivity contribution in [2.24, 2.45) is 0 Å². The molecule has 4 aromatic rings. The molecule has 0 aliphatic carbocycles. The molecule has 0 spiro atoms. The molecule has 1 aliphatic heterocycles. The normalized spacial score (nSPS) is 18.2. The van der Waals surface area contributed by atoms with Gasteiger partial charge in [-0.1, -0.05) is 24.3 Å². The minimum Gasteiger partial charge on any atom is -0.506 e. The van der Waals surface area contributed by atoms with Gasteiger partial charge >= 0.3 is 0 Å². The summed E-state index contributed by atoms with van der Waals surface area (Å²) in [5.74, 6) is 0.465. The molecular weight excluding hydrogens is 572 g/mol. The number of rotatable bonds is 4. The van der Waals surface area contributed by atoms with E-state index in [4.69, 9.17) is 0 Å². The summed E-state index contributed by atoms with van der Waals surface area (Å²) in [5.41, 5.74) is 3.91. The van der Waals surface area contributed by atoms with Crippen LogP contribution in [0.25, 0.3) is 21.8 Å². The number of hydrogen-bond acceptors (Lipinski definition) is 8. The average Bonchev–Trinajstić information content (AvgIpc) is 3.01. The van der Waals surface area contributed by atoms with E-state index >= 15 is 0 Å². The summed E-state index contributed by atoms with van der Waals surface area (Å²) in [7, 11) is 0. The van der Waals surface area contributed by atoms with E-state index in [-0.39, 0.29) is 22.6 Å². The minimum atomic E-state index is 0.0863. The van der Waals surface area contributed by atoms with Crippen LogP contribution < -0.4 is 0 Å². The first kappa shape index (κ1) is 34.0. The smallest absolute Gasteiger partial charge is 0.141 e. The molecule has 8 nitrogen and oxygen atoms in total. The zero-order valence-corrected chi connectivity index (χ0v) is 28.8. The Morgan fingerprint density at radius 1 is 0.543 bits per heavy atom. The molecule has 0 saturated carbocycles. The van der Waals surface area contributed by atoms with Crippen LogP contribution in [0.1, 0.15) is 65.5 Å². The van der Waals surface area contributed by atoms with Crippen LogP contribution in [0.15, 0.2) is 60.9 Å². The van der Waals surface area contributed by atoms with Gasteiger partial charge < -0.3 is 10.2 Å². The molecule has 2 aromatic heterocycles. The molecule has 0 atom stereocenters. The molecule has 1 fully saturated rings. The van der Waals surface area contributed by atoms with Crippen LogP contribution >= 0.6 is 0 Å². The number of phenolic OH excluding ortho intramolecular Hbond substituents is 2. The van der Waals surface area contributed by atoms with Crippen LogP contribution in [0.2, 0.25) is 0 Å². The van der Waals surface area contributed by atoms with Crippen LogP contribution in [-0.2, 0) is 13.1 Å². The van der Waals surface area contributed by atoms with Crippen molar-refractivity contribution < 1.29 is 10.2 Å². The molecule has 8 heteroatoms. The molecule has 0 radical (unpaired) electrons. The van der Waals surface area contributed by atoms with Crippen LogP contribution in [0.4, 0.5) is 0 Å². The Balaban J connectivity index is 1.41. The molecule has 2 aromatic carbocycles. The van der Waals surface area contributed by atoms with Crippen LogP contribution in [0, 0.1) is 0 Å². The Labute approximate surface area is 275 Å². The van der Waals surface area contributed by atoms with Gasteiger partial charge in [0.15, 0.2) is 0 Å². The van der Waals surface area contributed by atoms with E-state index in [1.54, 1.807) is 24.5 Å².